The molecule has 0 aliphatic heterocycles. The van der Waals surface area contributed by atoms with Gasteiger partial charge in [-0.25, -0.2) is 0 Å². The third-order valence-electron chi connectivity index (χ3n) is 2.35. The highest BCUT2D eigenvalue weighted by atomic mass is 79.9. The summed E-state index contributed by atoms with van der Waals surface area (Å²) in [7, 11) is 3.85. The monoisotopic (exact) mass is 280 g/mol. The van der Waals surface area contributed by atoms with Crippen LogP contribution in [-0.2, 0) is 13.6 Å². The minimum Gasteiger partial charge on any atom is -0.314 e. The fraction of sp³-hybridized carbons (Fsp3) is 0.273. The highest BCUT2D eigenvalue weighted by Crippen LogP contribution is 2.30. The van der Waals surface area contributed by atoms with Gasteiger partial charge in [-0.2, -0.15) is 5.10 Å². The van der Waals surface area contributed by atoms with Crippen LogP contribution in [0.3, 0.4) is 0 Å². The lowest BCUT2D eigenvalue weighted by Crippen LogP contribution is -2.06. The molecule has 2 aromatic rings. The Morgan fingerprint density at radius 3 is 2.69 bits per heavy atom. The first-order chi connectivity index (χ1) is 7.74. The van der Waals surface area contributed by atoms with E-state index in [0.717, 1.165) is 28.0 Å². The van der Waals surface area contributed by atoms with Gasteiger partial charge in [0, 0.05) is 31.5 Å². The lowest BCUT2D eigenvalue weighted by Gasteiger charge is -2.01. The summed E-state index contributed by atoms with van der Waals surface area (Å²) in [4.78, 5) is 4.02. The average Bonchev–Trinajstić information content (AvgIpc) is 2.56. The molecule has 2 aromatic heterocycles. The molecular formula is C11H13BrN4. The summed E-state index contributed by atoms with van der Waals surface area (Å²) in [5, 5.41) is 7.56. The fourth-order valence-corrected chi connectivity index (χ4v) is 2.36. The lowest BCUT2D eigenvalue weighted by atomic mass is 10.2. The third kappa shape index (κ3) is 2.01. The van der Waals surface area contributed by atoms with Gasteiger partial charge >= 0.3 is 0 Å². The van der Waals surface area contributed by atoms with E-state index in [-0.39, 0.29) is 0 Å². The molecule has 2 rings (SSSR count). The molecule has 0 saturated carbocycles. The molecule has 1 N–H and O–H groups in total. The molecule has 0 aliphatic rings. The van der Waals surface area contributed by atoms with E-state index in [1.165, 1.54) is 0 Å². The van der Waals surface area contributed by atoms with Gasteiger partial charge in [-0.15, -0.1) is 0 Å². The smallest absolute Gasteiger partial charge is 0.0910 e. The molecule has 4 nitrogen and oxygen atoms in total. The van der Waals surface area contributed by atoms with Crippen LogP contribution >= 0.6 is 15.9 Å². The molecule has 0 radical (unpaired) electrons. The van der Waals surface area contributed by atoms with Crippen LogP contribution in [-0.4, -0.2) is 21.8 Å². The lowest BCUT2D eigenvalue weighted by molar-refractivity contribution is 0.715. The summed E-state index contributed by atoms with van der Waals surface area (Å²) < 4.78 is 2.92. The Labute approximate surface area is 103 Å². The summed E-state index contributed by atoms with van der Waals surface area (Å²) in [6.07, 6.45) is 3.57. The van der Waals surface area contributed by atoms with E-state index in [1.807, 2.05) is 30.9 Å². The minimum atomic E-state index is 0.750. The van der Waals surface area contributed by atoms with Gasteiger partial charge in [-0.3, -0.25) is 9.67 Å². The summed E-state index contributed by atoms with van der Waals surface area (Å²) in [6, 6.07) is 3.95. The van der Waals surface area contributed by atoms with Crippen LogP contribution in [0.5, 0.6) is 0 Å². The van der Waals surface area contributed by atoms with E-state index < -0.39 is 0 Å². The summed E-state index contributed by atoms with van der Waals surface area (Å²) in [5.41, 5.74) is 3.20. The topological polar surface area (TPSA) is 42.7 Å². The van der Waals surface area contributed by atoms with Gasteiger partial charge < -0.3 is 5.32 Å². The van der Waals surface area contributed by atoms with Crippen molar-refractivity contribution < 1.29 is 0 Å². The Hall–Kier alpha value is -1.20. The van der Waals surface area contributed by atoms with E-state index in [4.69, 9.17) is 0 Å². The molecule has 0 amide bonds. The average molecular weight is 281 g/mol. The number of hydrogen-bond donors (Lipinski definition) is 1. The van der Waals surface area contributed by atoms with E-state index in [1.54, 1.807) is 12.4 Å². The van der Waals surface area contributed by atoms with E-state index >= 15 is 0 Å². The van der Waals surface area contributed by atoms with E-state index in [0.29, 0.717) is 0 Å². The van der Waals surface area contributed by atoms with Gasteiger partial charge in [0.2, 0.25) is 0 Å². The number of halogens is 1. The van der Waals surface area contributed by atoms with Crippen molar-refractivity contribution >= 4 is 15.9 Å². The quantitative estimate of drug-likeness (QED) is 0.935. The number of hydrogen-bond acceptors (Lipinski definition) is 3. The van der Waals surface area contributed by atoms with Crippen LogP contribution in [0.4, 0.5) is 0 Å². The zero-order valence-electron chi connectivity index (χ0n) is 9.24. The van der Waals surface area contributed by atoms with Crippen molar-refractivity contribution in [2.24, 2.45) is 7.05 Å². The van der Waals surface area contributed by atoms with Gasteiger partial charge in [0.25, 0.3) is 0 Å². The van der Waals surface area contributed by atoms with Crippen molar-refractivity contribution in [2.45, 2.75) is 6.54 Å². The predicted octanol–water partition coefficient (Wildman–Crippen LogP) is 1.96. The van der Waals surface area contributed by atoms with Crippen molar-refractivity contribution in [3.05, 3.63) is 34.7 Å². The molecule has 2 heterocycles. The Morgan fingerprint density at radius 1 is 1.38 bits per heavy atom. The van der Waals surface area contributed by atoms with Gasteiger partial charge in [0.1, 0.15) is 0 Å². The van der Waals surface area contributed by atoms with Gasteiger partial charge in [0.15, 0.2) is 0 Å². The molecule has 84 valence electrons. The number of rotatable bonds is 3. The number of nitrogens with zero attached hydrogens (tertiary/aromatic N) is 3. The van der Waals surface area contributed by atoms with Crippen LogP contribution in [0.2, 0.25) is 0 Å². The zero-order chi connectivity index (χ0) is 11.5. The fourth-order valence-electron chi connectivity index (χ4n) is 1.66. The first-order valence-corrected chi connectivity index (χ1v) is 5.79. The maximum Gasteiger partial charge on any atom is 0.0910 e. The van der Waals surface area contributed by atoms with E-state index in [2.05, 4.69) is 31.3 Å². The Balaban J connectivity index is 2.49. The largest absolute Gasteiger partial charge is 0.314 e. The van der Waals surface area contributed by atoms with Crippen molar-refractivity contribution in [1.29, 1.82) is 0 Å². The van der Waals surface area contributed by atoms with E-state index in [9.17, 15) is 0 Å². The number of aryl methyl sites for hydroxylation is 1. The highest BCUT2D eigenvalue weighted by Gasteiger charge is 2.14. The first kappa shape index (κ1) is 11.3. The molecule has 16 heavy (non-hydrogen) atoms. The van der Waals surface area contributed by atoms with Crippen LogP contribution in [0.15, 0.2) is 29.0 Å². The second-order valence-corrected chi connectivity index (χ2v) is 4.29. The van der Waals surface area contributed by atoms with Crippen LogP contribution in [0.1, 0.15) is 5.69 Å². The third-order valence-corrected chi connectivity index (χ3v) is 3.19. The zero-order valence-corrected chi connectivity index (χ0v) is 10.8. The second-order valence-electron chi connectivity index (χ2n) is 3.50. The molecule has 0 aliphatic carbocycles. The van der Waals surface area contributed by atoms with Crippen molar-refractivity contribution in [1.82, 2.24) is 20.1 Å². The standard InChI is InChI=1S/C11H13BrN4/c1-13-7-9-10(12)11(16(2)15-9)8-3-5-14-6-4-8/h3-6,13H,7H2,1-2H3. The Morgan fingerprint density at radius 2 is 2.06 bits per heavy atom. The van der Waals surface area contributed by atoms with Crippen molar-refractivity contribution in [3.63, 3.8) is 0 Å². The molecule has 0 saturated heterocycles. The molecule has 0 unspecified atom stereocenters. The number of nitrogens with one attached hydrogen (secondary N) is 1. The van der Waals surface area contributed by atoms with Gasteiger partial charge in [0.05, 0.1) is 15.9 Å². The first-order valence-electron chi connectivity index (χ1n) is 5.00. The van der Waals surface area contributed by atoms with Gasteiger partial charge in [-0.05, 0) is 35.1 Å². The molecule has 0 aromatic carbocycles. The number of aromatic nitrogens is 3. The van der Waals surface area contributed by atoms with Crippen LogP contribution < -0.4 is 5.32 Å². The molecule has 5 heteroatoms. The predicted molar refractivity (Wildman–Crippen MR) is 66.9 cm³/mol. The minimum absolute atomic E-state index is 0.750. The number of pyridine rings is 1. The highest BCUT2D eigenvalue weighted by molar-refractivity contribution is 9.10. The second kappa shape index (κ2) is 4.76. The molecule has 0 fully saturated rings. The molecule has 0 atom stereocenters. The summed E-state index contributed by atoms with van der Waals surface area (Å²) in [6.45, 7) is 0.750. The van der Waals surface area contributed by atoms with Crippen LogP contribution in [0.25, 0.3) is 11.3 Å². The summed E-state index contributed by atoms with van der Waals surface area (Å²) >= 11 is 3.60. The van der Waals surface area contributed by atoms with Crippen molar-refractivity contribution in [2.75, 3.05) is 7.05 Å². The van der Waals surface area contributed by atoms with Crippen molar-refractivity contribution in [3.8, 4) is 11.3 Å². The maximum absolute atomic E-state index is 4.46. The molecular weight excluding hydrogens is 268 g/mol. The summed E-state index contributed by atoms with van der Waals surface area (Å²) in [5.74, 6) is 0. The normalized spacial score (nSPS) is 10.7. The Kier molecular flexibility index (Phi) is 3.36. The maximum atomic E-state index is 4.46. The molecule has 0 spiro atoms. The van der Waals surface area contributed by atoms with Gasteiger partial charge in [-0.1, -0.05) is 0 Å². The molecule has 0 bridgehead atoms. The van der Waals surface area contributed by atoms with Crippen LogP contribution in [0, 0.1) is 0 Å². The SMILES string of the molecule is CNCc1nn(C)c(-c2ccncc2)c1Br. The Bertz CT molecular complexity index is 478.